The van der Waals surface area contributed by atoms with Crippen molar-refractivity contribution in [2.45, 2.75) is 19.1 Å². The highest BCUT2D eigenvalue weighted by Gasteiger charge is 2.20. The van der Waals surface area contributed by atoms with E-state index in [1.807, 2.05) is 13.1 Å². The monoisotopic (exact) mass is 238 g/mol. The summed E-state index contributed by atoms with van der Waals surface area (Å²) in [6.07, 6.45) is 0. The van der Waals surface area contributed by atoms with Gasteiger partial charge in [0.25, 0.3) is 0 Å². The third-order valence-electron chi connectivity index (χ3n) is 1.67. The lowest BCUT2D eigenvalue weighted by Gasteiger charge is -2.12. The van der Waals surface area contributed by atoms with E-state index in [4.69, 9.17) is 11.1 Å². The average Bonchev–Trinajstić information content (AvgIpc) is 1.96. The molecule has 0 nitrogen and oxygen atoms in total. The molecule has 5 heteroatoms. The molecule has 0 aliphatic rings. The molecule has 0 N–H and O–H groups in total. The first-order valence-corrected chi connectivity index (χ1v) is 8.34. The fourth-order valence-corrected chi connectivity index (χ4v) is 2.83. The Morgan fingerprint density at radius 2 is 1.57 bits per heavy atom. The summed E-state index contributed by atoms with van der Waals surface area (Å²) in [6, 6.07) is 2.41. The molecular weight excluding hydrogens is 229 g/mol. The van der Waals surface area contributed by atoms with Crippen molar-refractivity contribution in [3.63, 3.8) is 0 Å². The molecule has 1 aromatic rings. The van der Waals surface area contributed by atoms with Crippen LogP contribution in [0.15, 0.2) is 12.1 Å². The largest absolute Gasteiger partial charge is 0.204 e. The van der Waals surface area contributed by atoms with Crippen molar-refractivity contribution in [3.05, 3.63) is 35.1 Å². The van der Waals surface area contributed by atoms with Crippen molar-refractivity contribution in [1.82, 2.24) is 0 Å². The number of hydrogen-bond acceptors (Lipinski definition) is 0. The second-order valence-electron chi connectivity index (χ2n) is 3.77. The zero-order valence-corrected chi connectivity index (χ0v) is 9.63. The number of benzene rings is 1. The maximum absolute atomic E-state index is 12.8. The molecular formula is C9H10ClF3Si. The minimum absolute atomic E-state index is 0.410. The maximum Gasteiger partial charge on any atom is 0.194 e. The highest BCUT2D eigenvalue weighted by atomic mass is 35.6. The Bertz CT molecular complexity index is 323. The van der Waals surface area contributed by atoms with E-state index >= 15 is 0 Å². The highest BCUT2D eigenvalue weighted by molar-refractivity contribution is 7.18. The molecule has 0 bridgehead atoms. The highest BCUT2D eigenvalue weighted by Crippen LogP contribution is 2.19. The molecule has 14 heavy (non-hydrogen) atoms. The van der Waals surface area contributed by atoms with Gasteiger partial charge in [0.1, 0.15) is 0 Å². The summed E-state index contributed by atoms with van der Waals surface area (Å²) in [7, 11) is -1.94. The first-order chi connectivity index (χ1) is 6.29. The summed E-state index contributed by atoms with van der Waals surface area (Å²) in [4.78, 5) is 0. The van der Waals surface area contributed by atoms with Gasteiger partial charge in [0.05, 0.1) is 0 Å². The molecule has 0 saturated heterocycles. The van der Waals surface area contributed by atoms with Gasteiger partial charge in [0, 0.05) is 0 Å². The lowest BCUT2D eigenvalue weighted by molar-refractivity contribution is 0.446. The van der Waals surface area contributed by atoms with Crippen molar-refractivity contribution in [2.24, 2.45) is 0 Å². The van der Waals surface area contributed by atoms with Gasteiger partial charge in [-0.05, 0) is 23.7 Å². The third kappa shape index (κ3) is 3.03. The molecule has 0 unspecified atom stereocenters. The van der Waals surface area contributed by atoms with Crippen molar-refractivity contribution < 1.29 is 13.2 Å². The fourth-order valence-electron chi connectivity index (χ4n) is 1.20. The number of hydrogen-bond donors (Lipinski definition) is 0. The molecule has 78 valence electrons. The van der Waals surface area contributed by atoms with Gasteiger partial charge in [-0.2, -0.15) is 11.1 Å². The maximum atomic E-state index is 12.8. The van der Waals surface area contributed by atoms with Crippen molar-refractivity contribution >= 4 is 18.5 Å². The molecule has 0 aliphatic carbocycles. The van der Waals surface area contributed by atoms with Crippen LogP contribution in [-0.2, 0) is 6.04 Å². The lowest BCUT2D eigenvalue weighted by Crippen LogP contribution is -2.21. The Hall–Kier alpha value is -0.483. The van der Waals surface area contributed by atoms with Gasteiger partial charge in [0.15, 0.2) is 24.8 Å². The quantitative estimate of drug-likeness (QED) is 0.419. The molecule has 1 aromatic carbocycles. The first-order valence-electron chi connectivity index (χ1n) is 4.12. The number of halogens is 4. The summed E-state index contributed by atoms with van der Waals surface area (Å²) in [5, 5.41) is 0. The summed E-state index contributed by atoms with van der Waals surface area (Å²) >= 11 is 6.01. The summed E-state index contributed by atoms with van der Waals surface area (Å²) < 4.78 is 38.1. The van der Waals surface area contributed by atoms with Crippen LogP contribution in [0.4, 0.5) is 13.2 Å². The van der Waals surface area contributed by atoms with E-state index in [1.165, 1.54) is 0 Å². The molecule has 0 radical (unpaired) electrons. The second kappa shape index (κ2) is 3.94. The molecule has 0 atom stereocenters. The SMILES string of the molecule is C[Si](C)(Cl)Cc1cc(F)c(F)c(F)c1. The van der Waals surface area contributed by atoms with E-state index in [0.717, 1.165) is 12.1 Å². The molecule has 1 rings (SSSR count). The lowest BCUT2D eigenvalue weighted by atomic mass is 10.2. The minimum Gasteiger partial charge on any atom is -0.204 e. The Labute approximate surface area is 86.4 Å². The van der Waals surface area contributed by atoms with Gasteiger partial charge in [-0.15, -0.1) is 0 Å². The van der Waals surface area contributed by atoms with Crippen LogP contribution in [0.3, 0.4) is 0 Å². The summed E-state index contributed by atoms with van der Waals surface area (Å²) in [6.45, 7) is 3.71. The topological polar surface area (TPSA) is 0 Å². The van der Waals surface area contributed by atoms with E-state index in [1.54, 1.807) is 0 Å². The number of rotatable bonds is 2. The van der Waals surface area contributed by atoms with Crippen LogP contribution in [0.2, 0.25) is 13.1 Å². The van der Waals surface area contributed by atoms with Crippen LogP contribution >= 0.6 is 11.1 Å². The smallest absolute Gasteiger partial charge is 0.194 e. The van der Waals surface area contributed by atoms with E-state index in [-0.39, 0.29) is 0 Å². The van der Waals surface area contributed by atoms with E-state index in [2.05, 4.69) is 0 Å². The van der Waals surface area contributed by atoms with Gasteiger partial charge in [0.2, 0.25) is 0 Å². The van der Waals surface area contributed by atoms with Crippen molar-refractivity contribution in [2.75, 3.05) is 0 Å². The second-order valence-corrected chi connectivity index (χ2v) is 10.6. The van der Waals surface area contributed by atoms with Crippen LogP contribution in [0.5, 0.6) is 0 Å². The van der Waals surface area contributed by atoms with Gasteiger partial charge < -0.3 is 0 Å². The Balaban J connectivity index is 3.02. The molecule has 0 saturated carbocycles. The molecule has 0 heterocycles. The normalized spacial score (nSPS) is 11.9. The summed E-state index contributed by atoms with van der Waals surface area (Å²) in [5.41, 5.74) is 0.410. The molecule has 0 aromatic heterocycles. The molecule has 0 aliphatic heterocycles. The van der Waals surface area contributed by atoms with Crippen molar-refractivity contribution in [3.8, 4) is 0 Å². The zero-order chi connectivity index (χ0) is 10.9. The van der Waals surface area contributed by atoms with Gasteiger partial charge in [-0.25, -0.2) is 13.2 Å². The van der Waals surface area contributed by atoms with E-state index < -0.39 is 24.8 Å². The average molecular weight is 239 g/mol. The Morgan fingerprint density at radius 3 is 1.93 bits per heavy atom. The van der Waals surface area contributed by atoms with Gasteiger partial charge >= 0.3 is 0 Å². The van der Waals surface area contributed by atoms with Crippen LogP contribution in [-0.4, -0.2) is 7.38 Å². The van der Waals surface area contributed by atoms with E-state index in [0.29, 0.717) is 11.6 Å². The first kappa shape index (κ1) is 11.6. The van der Waals surface area contributed by atoms with Crippen LogP contribution in [0.1, 0.15) is 5.56 Å². The van der Waals surface area contributed by atoms with Gasteiger partial charge in [-0.1, -0.05) is 13.1 Å². The van der Waals surface area contributed by atoms with Crippen LogP contribution in [0, 0.1) is 17.5 Å². The Kier molecular flexibility index (Phi) is 3.27. The predicted molar refractivity (Wildman–Crippen MR) is 53.4 cm³/mol. The van der Waals surface area contributed by atoms with E-state index in [9.17, 15) is 13.2 Å². The molecule has 0 spiro atoms. The molecule has 0 fully saturated rings. The summed E-state index contributed by atoms with van der Waals surface area (Å²) in [5.74, 6) is -3.74. The predicted octanol–water partition coefficient (Wildman–Crippen LogP) is 3.63. The zero-order valence-electron chi connectivity index (χ0n) is 7.87. The Morgan fingerprint density at radius 1 is 1.14 bits per heavy atom. The van der Waals surface area contributed by atoms with Crippen LogP contribution in [0.25, 0.3) is 0 Å². The van der Waals surface area contributed by atoms with Crippen molar-refractivity contribution in [1.29, 1.82) is 0 Å². The third-order valence-corrected chi connectivity index (χ3v) is 3.32. The minimum atomic E-state index is -1.94. The molecule has 0 amide bonds. The standard InChI is InChI=1S/C9H10ClF3Si/c1-14(2,10)5-6-3-7(11)9(13)8(12)4-6/h3-4H,5H2,1-2H3. The fraction of sp³-hybridized carbons (Fsp3) is 0.333. The van der Waals surface area contributed by atoms with Gasteiger partial charge in [-0.3, -0.25) is 0 Å². The van der Waals surface area contributed by atoms with Crippen LogP contribution < -0.4 is 0 Å².